The molecule has 0 radical (unpaired) electrons. The molecule has 4 rings (SSSR count). The number of amides is 1. The number of ether oxygens (including phenoxy) is 1. The smallest absolute Gasteiger partial charge is 0.280 e. The fourth-order valence-corrected chi connectivity index (χ4v) is 2.71. The summed E-state index contributed by atoms with van der Waals surface area (Å²) in [6.07, 6.45) is 0. The van der Waals surface area contributed by atoms with Crippen LogP contribution in [0.3, 0.4) is 0 Å². The van der Waals surface area contributed by atoms with Gasteiger partial charge in [0, 0.05) is 10.9 Å². The molecule has 0 bridgehead atoms. The van der Waals surface area contributed by atoms with E-state index in [0.717, 1.165) is 22.1 Å². The molecule has 112 valence electrons. The van der Waals surface area contributed by atoms with E-state index in [1.54, 1.807) is 31.4 Å². The fraction of sp³-hybridized carbons (Fsp3) is 0.0556. The van der Waals surface area contributed by atoms with Crippen LogP contribution in [0.5, 0.6) is 5.75 Å². The van der Waals surface area contributed by atoms with Crippen molar-refractivity contribution < 1.29 is 9.53 Å². The second-order valence-electron chi connectivity index (χ2n) is 5.19. The Bertz CT molecular complexity index is 927. The van der Waals surface area contributed by atoms with Crippen molar-refractivity contribution in [1.29, 1.82) is 0 Å². The highest BCUT2D eigenvalue weighted by Gasteiger charge is 2.24. The summed E-state index contributed by atoms with van der Waals surface area (Å²) in [4.78, 5) is 12.8. The topological polar surface area (TPSA) is 54.3 Å². The van der Waals surface area contributed by atoms with E-state index in [2.05, 4.69) is 10.3 Å². The summed E-state index contributed by atoms with van der Waals surface area (Å²) < 4.78 is 5.12. The van der Waals surface area contributed by atoms with Crippen LogP contribution in [0.15, 0.2) is 71.0 Å². The van der Waals surface area contributed by atoms with Gasteiger partial charge in [0.15, 0.2) is 0 Å². The number of nitrogens with zero attached hydrogens (tertiary/aromatic N) is 3. The molecule has 0 spiro atoms. The molecule has 0 aliphatic carbocycles. The first-order valence-corrected chi connectivity index (χ1v) is 7.20. The number of anilines is 1. The Labute approximate surface area is 132 Å². The Hall–Kier alpha value is -3.21. The minimum absolute atomic E-state index is 0.224. The number of benzene rings is 3. The van der Waals surface area contributed by atoms with Gasteiger partial charge in [0.1, 0.15) is 5.75 Å². The van der Waals surface area contributed by atoms with Crippen LogP contribution in [0.4, 0.5) is 11.4 Å². The molecule has 3 aromatic rings. The van der Waals surface area contributed by atoms with Crippen molar-refractivity contribution >= 4 is 28.1 Å². The Kier molecular flexibility index (Phi) is 3.05. The highest BCUT2D eigenvalue weighted by Crippen LogP contribution is 2.39. The molecule has 1 aliphatic rings. The van der Waals surface area contributed by atoms with Crippen LogP contribution in [-0.4, -0.2) is 13.0 Å². The highest BCUT2D eigenvalue weighted by atomic mass is 16.5. The number of carbonyl (C=O) groups excluding carboxylic acids is 1. The first kappa shape index (κ1) is 13.5. The van der Waals surface area contributed by atoms with Crippen LogP contribution in [-0.2, 0) is 0 Å². The average Bonchev–Trinajstić information content (AvgIpc) is 2.62. The molecule has 0 saturated carbocycles. The van der Waals surface area contributed by atoms with Crippen LogP contribution < -0.4 is 9.75 Å². The van der Waals surface area contributed by atoms with Crippen LogP contribution >= 0.6 is 0 Å². The summed E-state index contributed by atoms with van der Waals surface area (Å²) in [6.45, 7) is 0. The van der Waals surface area contributed by atoms with Crippen molar-refractivity contribution in [3.63, 3.8) is 0 Å². The van der Waals surface area contributed by atoms with Gasteiger partial charge < -0.3 is 4.74 Å². The van der Waals surface area contributed by atoms with E-state index in [-0.39, 0.29) is 5.91 Å². The summed E-state index contributed by atoms with van der Waals surface area (Å²) in [5, 5.41) is 11.6. The number of rotatable bonds is 2. The molecule has 0 atom stereocenters. The van der Waals surface area contributed by atoms with E-state index < -0.39 is 0 Å². The lowest BCUT2D eigenvalue weighted by molar-refractivity contribution is 0.0985. The van der Waals surface area contributed by atoms with Crippen molar-refractivity contribution in [2.45, 2.75) is 0 Å². The van der Waals surface area contributed by atoms with Crippen LogP contribution in [0.1, 0.15) is 10.4 Å². The minimum atomic E-state index is -0.224. The third kappa shape index (κ3) is 2.14. The number of hydrogen-bond donors (Lipinski definition) is 0. The second-order valence-corrected chi connectivity index (χ2v) is 5.19. The molecule has 23 heavy (non-hydrogen) atoms. The van der Waals surface area contributed by atoms with E-state index in [4.69, 9.17) is 4.74 Å². The first-order valence-electron chi connectivity index (χ1n) is 7.20. The molecule has 1 heterocycles. The Morgan fingerprint density at radius 2 is 1.74 bits per heavy atom. The normalized spacial score (nSPS) is 12.5. The summed E-state index contributed by atoms with van der Waals surface area (Å²) in [5.41, 5.74) is 2.05. The van der Waals surface area contributed by atoms with Gasteiger partial charge in [-0.05, 0) is 41.8 Å². The lowest BCUT2D eigenvalue weighted by atomic mass is 10.1. The van der Waals surface area contributed by atoms with Crippen molar-refractivity contribution in [1.82, 2.24) is 0 Å². The molecule has 5 heteroatoms. The molecule has 3 aromatic carbocycles. The summed E-state index contributed by atoms with van der Waals surface area (Å²) in [6, 6.07) is 18.6. The van der Waals surface area contributed by atoms with Gasteiger partial charge in [-0.15, -0.1) is 5.11 Å². The zero-order valence-electron chi connectivity index (χ0n) is 12.4. The lowest BCUT2D eigenvalue weighted by Gasteiger charge is -2.21. The lowest BCUT2D eigenvalue weighted by Crippen LogP contribution is -2.26. The van der Waals surface area contributed by atoms with Crippen molar-refractivity contribution in [2.24, 2.45) is 10.3 Å². The molecule has 5 nitrogen and oxygen atoms in total. The third-order valence-corrected chi connectivity index (χ3v) is 3.86. The fourth-order valence-electron chi connectivity index (χ4n) is 2.71. The van der Waals surface area contributed by atoms with Gasteiger partial charge in [0.25, 0.3) is 5.91 Å². The van der Waals surface area contributed by atoms with Gasteiger partial charge in [0.2, 0.25) is 0 Å². The zero-order valence-corrected chi connectivity index (χ0v) is 12.4. The standard InChI is InChI=1S/C18H13N3O2/c1-23-14-10-8-13(9-11-14)18(22)21-16-7-3-5-12-4-2-6-15(17(12)16)19-20-21/h2-11H,1H3. The predicted molar refractivity (Wildman–Crippen MR) is 88.3 cm³/mol. The quantitative estimate of drug-likeness (QED) is 0.699. The van der Waals surface area contributed by atoms with E-state index >= 15 is 0 Å². The molecule has 1 amide bonds. The monoisotopic (exact) mass is 303 g/mol. The summed E-state index contributed by atoms with van der Waals surface area (Å²) >= 11 is 0. The van der Waals surface area contributed by atoms with Gasteiger partial charge >= 0.3 is 0 Å². The number of carbonyl (C=O) groups is 1. The van der Waals surface area contributed by atoms with Gasteiger partial charge in [-0.1, -0.05) is 29.5 Å². The molecule has 0 fully saturated rings. The molecule has 0 unspecified atom stereocenters. The van der Waals surface area contributed by atoms with Crippen LogP contribution in [0.2, 0.25) is 0 Å². The Morgan fingerprint density at radius 1 is 1.00 bits per heavy atom. The van der Waals surface area contributed by atoms with Gasteiger partial charge in [0.05, 0.1) is 18.5 Å². The number of hydrogen-bond acceptors (Lipinski definition) is 4. The molecule has 0 aromatic heterocycles. The van der Waals surface area contributed by atoms with E-state index in [1.165, 1.54) is 5.01 Å². The molecule has 0 N–H and O–H groups in total. The van der Waals surface area contributed by atoms with Crippen molar-refractivity contribution in [3.8, 4) is 5.75 Å². The van der Waals surface area contributed by atoms with Crippen LogP contribution in [0, 0.1) is 0 Å². The minimum Gasteiger partial charge on any atom is -0.497 e. The van der Waals surface area contributed by atoms with Gasteiger partial charge in [-0.2, -0.15) is 5.01 Å². The first-order chi connectivity index (χ1) is 11.3. The SMILES string of the molecule is COc1ccc(C(=O)N2N=Nc3cccc4cccc2c34)cc1. The maximum absolute atomic E-state index is 12.8. The maximum atomic E-state index is 12.8. The molecule has 0 saturated heterocycles. The molecular weight excluding hydrogens is 290 g/mol. The van der Waals surface area contributed by atoms with Crippen LogP contribution in [0.25, 0.3) is 10.8 Å². The van der Waals surface area contributed by atoms with E-state index in [9.17, 15) is 4.79 Å². The predicted octanol–water partition coefficient (Wildman–Crippen LogP) is 4.51. The van der Waals surface area contributed by atoms with Crippen molar-refractivity contribution in [2.75, 3.05) is 12.1 Å². The van der Waals surface area contributed by atoms with E-state index in [1.807, 2.05) is 36.4 Å². The largest absolute Gasteiger partial charge is 0.497 e. The Balaban J connectivity index is 1.80. The van der Waals surface area contributed by atoms with Crippen molar-refractivity contribution in [3.05, 3.63) is 66.2 Å². The second kappa shape index (κ2) is 5.21. The molecular formula is C18H13N3O2. The Morgan fingerprint density at radius 3 is 2.48 bits per heavy atom. The van der Waals surface area contributed by atoms with Gasteiger partial charge in [-0.3, -0.25) is 4.79 Å². The van der Waals surface area contributed by atoms with Gasteiger partial charge in [-0.25, -0.2) is 0 Å². The molecule has 1 aliphatic heterocycles. The average molecular weight is 303 g/mol. The highest BCUT2D eigenvalue weighted by molar-refractivity contribution is 6.13. The summed E-state index contributed by atoms with van der Waals surface area (Å²) in [7, 11) is 1.59. The zero-order chi connectivity index (χ0) is 15.8. The third-order valence-electron chi connectivity index (χ3n) is 3.86. The summed E-state index contributed by atoms with van der Waals surface area (Å²) in [5.74, 6) is 0.479. The maximum Gasteiger partial charge on any atom is 0.280 e. The number of methoxy groups -OCH3 is 1. The van der Waals surface area contributed by atoms with E-state index in [0.29, 0.717) is 11.3 Å².